The van der Waals surface area contributed by atoms with Crippen molar-refractivity contribution in [3.05, 3.63) is 35.4 Å². The number of guanidine groups is 1. The molecule has 29 heavy (non-hydrogen) atoms. The van der Waals surface area contributed by atoms with Gasteiger partial charge in [-0.1, -0.05) is 12.1 Å². The summed E-state index contributed by atoms with van der Waals surface area (Å²) < 4.78 is 43.4. The fourth-order valence-electron chi connectivity index (χ4n) is 3.25. The van der Waals surface area contributed by atoms with Crippen molar-refractivity contribution in [3.8, 4) is 0 Å². The molecule has 0 aliphatic carbocycles. The van der Waals surface area contributed by atoms with Crippen LogP contribution in [0.5, 0.6) is 0 Å². The molecule has 1 heterocycles. The molecule has 1 fully saturated rings. The van der Waals surface area contributed by atoms with E-state index in [2.05, 4.69) is 29.6 Å². The summed E-state index contributed by atoms with van der Waals surface area (Å²) in [6.07, 6.45) is -1.80. The molecule has 1 aliphatic rings. The van der Waals surface area contributed by atoms with E-state index in [-0.39, 0.29) is 29.5 Å². The van der Waals surface area contributed by atoms with E-state index in [0.29, 0.717) is 19.5 Å². The number of ether oxygens (including phenoxy) is 1. The van der Waals surface area contributed by atoms with Gasteiger partial charge in [0.15, 0.2) is 5.96 Å². The molecule has 0 saturated carbocycles. The first-order valence-electron chi connectivity index (χ1n) is 9.70. The number of rotatable bonds is 7. The molecule has 1 aromatic rings. The van der Waals surface area contributed by atoms with Crippen molar-refractivity contribution in [3.63, 3.8) is 0 Å². The molecule has 2 rings (SSSR count). The Hall–Kier alpha value is -1.07. The predicted octanol–water partition coefficient (Wildman–Crippen LogP) is 3.53. The minimum Gasteiger partial charge on any atom is -0.381 e. The van der Waals surface area contributed by atoms with Crippen LogP contribution >= 0.6 is 24.0 Å². The summed E-state index contributed by atoms with van der Waals surface area (Å²) in [6.45, 7) is 5.48. The number of aliphatic imine (C=N–C) groups is 1. The molecular weight excluding hydrogens is 496 g/mol. The van der Waals surface area contributed by atoms with Crippen molar-refractivity contribution >= 4 is 29.9 Å². The molecule has 0 atom stereocenters. The van der Waals surface area contributed by atoms with Gasteiger partial charge in [-0.2, -0.15) is 13.2 Å². The van der Waals surface area contributed by atoms with Gasteiger partial charge in [0, 0.05) is 31.8 Å². The number of alkyl halides is 3. The molecule has 166 valence electrons. The summed E-state index contributed by atoms with van der Waals surface area (Å²) in [5.41, 5.74) is 0.226. The fraction of sp³-hybridized carbons (Fsp3) is 0.650. The van der Waals surface area contributed by atoms with E-state index < -0.39 is 11.7 Å². The number of nitrogens with zero attached hydrogens (tertiary/aromatic N) is 2. The molecule has 0 bridgehead atoms. The summed E-state index contributed by atoms with van der Waals surface area (Å²) in [5.74, 6) is 0.724. The highest BCUT2D eigenvalue weighted by molar-refractivity contribution is 14.0. The zero-order chi connectivity index (χ0) is 20.6. The van der Waals surface area contributed by atoms with Crippen molar-refractivity contribution in [1.82, 2.24) is 15.5 Å². The first kappa shape index (κ1) is 26.0. The third-order valence-corrected chi connectivity index (χ3v) is 5.24. The van der Waals surface area contributed by atoms with Crippen molar-refractivity contribution in [1.29, 1.82) is 0 Å². The molecule has 1 aromatic carbocycles. The summed E-state index contributed by atoms with van der Waals surface area (Å²) in [6, 6.07) is 5.30. The Morgan fingerprint density at radius 3 is 2.28 bits per heavy atom. The second-order valence-corrected chi connectivity index (χ2v) is 7.30. The molecule has 0 amide bonds. The van der Waals surface area contributed by atoms with Crippen LogP contribution < -0.4 is 10.6 Å². The molecule has 5 nitrogen and oxygen atoms in total. The van der Waals surface area contributed by atoms with Gasteiger partial charge in [0.2, 0.25) is 0 Å². The molecule has 1 aliphatic heterocycles. The van der Waals surface area contributed by atoms with Crippen LogP contribution in [0.25, 0.3) is 0 Å². The lowest BCUT2D eigenvalue weighted by molar-refractivity contribution is -0.137. The minimum atomic E-state index is -4.30. The summed E-state index contributed by atoms with van der Waals surface area (Å²) in [7, 11) is 4.15. The van der Waals surface area contributed by atoms with Crippen LogP contribution in [0.4, 0.5) is 13.2 Å². The normalized spacial score (nSPS) is 17.0. The minimum absolute atomic E-state index is 0. The van der Waals surface area contributed by atoms with Crippen LogP contribution in [0.1, 0.15) is 30.9 Å². The monoisotopic (exact) mass is 528 g/mol. The Labute approximate surface area is 188 Å². The maximum atomic E-state index is 12.6. The largest absolute Gasteiger partial charge is 0.416 e. The second-order valence-electron chi connectivity index (χ2n) is 7.30. The van der Waals surface area contributed by atoms with Gasteiger partial charge in [0.1, 0.15) is 0 Å². The molecule has 0 unspecified atom stereocenters. The van der Waals surface area contributed by atoms with Gasteiger partial charge >= 0.3 is 6.18 Å². The zero-order valence-electron chi connectivity index (χ0n) is 17.3. The van der Waals surface area contributed by atoms with Gasteiger partial charge in [-0.05, 0) is 58.0 Å². The van der Waals surface area contributed by atoms with Gasteiger partial charge < -0.3 is 20.3 Å². The highest BCUT2D eigenvalue weighted by atomic mass is 127. The van der Waals surface area contributed by atoms with Gasteiger partial charge in [-0.25, -0.2) is 0 Å². The van der Waals surface area contributed by atoms with Crippen molar-refractivity contribution in [2.24, 2.45) is 4.99 Å². The van der Waals surface area contributed by atoms with Gasteiger partial charge in [-0.15, -0.1) is 24.0 Å². The first-order valence-corrected chi connectivity index (χ1v) is 9.70. The zero-order valence-corrected chi connectivity index (χ0v) is 19.6. The smallest absolute Gasteiger partial charge is 0.381 e. The molecule has 0 spiro atoms. The lowest BCUT2D eigenvalue weighted by Crippen LogP contribution is -2.51. The molecule has 9 heteroatoms. The second kappa shape index (κ2) is 11.9. The number of halogens is 4. The van der Waals surface area contributed by atoms with E-state index in [9.17, 15) is 13.2 Å². The van der Waals surface area contributed by atoms with Crippen LogP contribution in [0.3, 0.4) is 0 Å². The van der Waals surface area contributed by atoms with E-state index in [1.54, 1.807) is 0 Å². The van der Waals surface area contributed by atoms with E-state index in [0.717, 1.165) is 56.3 Å². The average Bonchev–Trinajstić information content (AvgIpc) is 2.66. The Balaban J connectivity index is 0.00000420. The topological polar surface area (TPSA) is 48.9 Å². The van der Waals surface area contributed by atoms with Gasteiger partial charge in [0.25, 0.3) is 0 Å². The number of hydrogen-bond donors (Lipinski definition) is 2. The SMILES string of the molecule is CCNC(=NCC1(N(C)C)CCOCC1)NCCc1ccc(C(F)(F)F)cc1.I. The standard InChI is InChI=1S/C20H31F3N4O.HI/c1-4-24-18(26-15-19(27(2)3)10-13-28-14-11-19)25-12-9-16-5-7-17(8-6-16)20(21,22)23;/h5-8H,4,9-15H2,1-3H3,(H2,24,25,26);1H. The first-order chi connectivity index (χ1) is 13.3. The number of nitrogens with one attached hydrogen (secondary N) is 2. The number of benzene rings is 1. The highest BCUT2D eigenvalue weighted by Crippen LogP contribution is 2.29. The third-order valence-electron chi connectivity index (χ3n) is 5.24. The molecule has 1 saturated heterocycles. The van der Waals surface area contributed by atoms with Crippen LogP contribution in [0.2, 0.25) is 0 Å². The maximum absolute atomic E-state index is 12.6. The fourth-order valence-corrected chi connectivity index (χ4v) is 3.25. The Morgan fingerprint density at radius 1 is 1.14 bits per heavy atom. The average molecular weight is 528 g/mol. The lowest BCUT2D eigenvalue weighted by Gasteiger charge is -2.41. The Bertz CT molecular complexity index is 630. The predicted molar refractivity (Wildman–Crippen MR) is 121 cm³/mol. The summed E-state index contributed by atoms with van der Waals surface area (Å²) in [4.78, 5) is 6.98. The van der Waals surface area contributed by atoms with Crippen molar-refractivity contribution in [2.45, 2.75) is 37.9 Å². The van der Waals surface area contributed by atoms with Crippen molar-refractivity contribution < 1.29 is 17.9 Å². The van der Waals surface area contributed by atoms with Gasteiger partial charge in [-0.3, -0.25) is 4.99 Å². The molecule has 2 N–H and O–H groups in total. The number of hydrogen-bond acceptors (Lipinski definition) is 3. The van der Waals surface area contributed by atoms with Crippen LogP contribution in [-0.2, 0) is 17.3 Å². The third kappa shape index (κ3) is 7.93. The Morgan fingerprint density at radius 2 is 1.76 bits per heavy atom. The van der Waals surface area contributed by atoms with Crippen LogP contribution in [0, 0.1) is 0 Å². The maximum Gasteiger partial charge on any atom is 0.416 e. The van der Waals surface area contributed by atoms with E-state index in [1.165, 1.54) is 12.1 Å². The number of likely N-dealkylation sites (N-methyl/N-ethyl adjacent to an activating group) is 1. The quantitative estimate of drug-likeness (QED) is 0.323. The van der Waals surface area contributed by atoms with Crippen molar-refractivity contribution in [2.75, 3.05) is 46.9 Å². The molecule has 0 aromatic heterocycles. The van der Waals surface area contributed by atoms with E-state index >= 15 is 0 Å². The lowest BCUT2D eigenvalue weighted by atomic mass is 9.89. The molecule has 0 radical (unpaired) electrons. The molecular formula is C20H32F3IN4O. The highest BCUT2D eigenvalue weighted by Gasteiger charge is 2.34. The van der Waals surface area contributed by atoms with E-state index in [1.807, 2.05) is 6.92 Å². The summed E-state index contributed by atoms with van der Waals surface area (Å²) >= 11 is 0. The van der Waals surface area contributed by atoms with Gasteiger partial charge in [0.05, 0.1) is 12.1 Å². The van der Waals surface area contributed by atoms with Crippen LogP contribution in [-0.4, -0.2) is 63.3 Å². The Kier molecular flexibility index (Phi) is 10.7. The summed E-state index contributed by atoms with van der Waals surface area (Å²) in [5, 5.41) is 6.51. The van der Waals surface area contributed by atoms with Crippen LogP contribution in [0.15, 0.2) is 29.3 Å². The van der Waals surface area contributed by atoms with E-state index in [4.69, 9.17) is 9.73 Å².